The molecule has 2 heterocycles. The Bertz CT molecular complexity index is 465. The molecule has 0 aromatic heterocycles. The molecule has 2 saturated heterocycles. The third-order valence-electron chi connectivity index (χ3n) is 6.30. The molecule has 8 nitrogen and oxygen atoms in total. The Morgan fingerprint density at radius 2 is 1.93 bits per heavy atom. The first-order chi connectivity index (χ1) is 13.5. The average Bonchev–Trinajstić information content (AvgIpc) is 2.64. The summed E-state index contributed by atoms with van der Waals surface area (Å²) in [5.74, 6) is 0.753. The van der Waals surface area contributed by atoms with Crippen molar-refractivity contribution in [1.29, 1.82) is 0 Å². The molecule has 3 fully saturated rings. The zero-order valence-electron chi connectivity index (χ0n) is 18.0. The van der Waals surface area contributed by atoms with E-state index in [1.165, 1.54) is 0 Å². The molecule has 28 heavy (non-hydrogen) atoms. The van der Waals surface area contributed by atoms with Gasteiger partial charge in [0.05, 0.1) is 31.1 Å². The van der Waals surface area contributed by atoms with Crippen LogP contribution in [0.25, 0.3) is 0 Å². The monoisotopic (exact) mass is 399 g/mol. The van der Waals surface area contributed by atoms with Gasteiger partial charge in [-0.25, -0.2) is 0 Å². The minimum atomic E-state index is -0.433. The number of hydrogen-bond donors (Lipinski definition) is 5. The molecule has 0 radical (unpaired) electrons. The Morgan fingerprint density at radius 1 is 1.14 bits per heavy atom. The van der Waals surface area contributed by atoms with Crippen LogP contribution in [0.1, 0.15) is 39.5 Å². The Kier molecular flexibility index (Phi) is 8.49. The molecule has 0 aromatic carbocycles. The number of nitrogens with one attached hydrogen (secondary N) is 4. The molecule has 0 aromatic rings. The Balaban J connectivity index is 1.44. The fourth-order valence-corrected chi connectivity index (χ4v) is 4.82. The van der Waals surface area contributed by atoms with Crippen molar-refractivity contribution in [3.63, 3.8) is 0 Å². The minimum Gasteiger partial charge on any atom is -0.389 e. The van der Waals surface area contributed by atoms with Crippen molar-refractivity contribution < 1.29 is 14.6 Å². The summed E-state index contributed by atoms with van der Waals surface area (Å²) in [5.41, 5.74) is 0. The topological polar surface area (TPSA) is 90.0 Å². The first kappa shape index (κ1) is 22.4. The highest BCUT2D eigenvalue weighted by Gasteiger charge is 2.34. The highest BCUT2D eigenvalue weighted by molar-refractivity contribution is 4.89. The number of methoxy groups -OCH3 is 1. The zero-order valence-corrected chi connectivity index (χ0v) is 18.0. The summed E-state index contributed by atoms with van der Waals surface area (Å²) in [5, 5.41) is 24.5. The van der Waals surface area contributed by atoms with Crippen LogP contribution in [0.4, 0.5) is 0 Å². The molecule has 3 aliphatic rings. The quantitative estimate of drug-likeness (QED) is 0.359. The van der Waals surface area contributed by atoms with Crippen molar-refractivity contribution in [3.8, 4) is 0 Å². The van der Waals surface area contributed by atoms with E-state index in [-0.39, 0.29) is 18.5 Å². The molecular formula is C20H41N5O3. The van der Waals surface area contributed by atoms with E-state index in [0.717, 1.165) is 44.7 Å². The van der Waals surface area contributed by atoms with Gasteiger partial charge < -0.3 is 24.8 Å². The van der Waals surface area contributed by atoms with Gasteiger partial charge in [-0.2, -0.15) is 0 Å². The summed E-state index contributed by atoms with van der Waals surface area (Å²) < 4.78 is 11.8. The van der Waals surface area contributed by atoms with Gasteiger partial charge in [0.1, 0.15) is 6.29 Å². The molecule has 8 heteroatoms. The van der Waals surface area contributed by atoms with E-state index < -0.39 is 6.10 Å². The van der Waals surface area contributed by atoms with E-state index in [1.807, 2.05) is 7.05 Å². The lowest BCUT2D eigenvalue weighted by Crippen LogP contribution is -2.68. The van der Waals surface area contributed by atoms with Crippen LogP contribution in [0.5, 0.6) is 0 Å². The Labute approximate surface area is 170 Å². The molecule has 1 saturated carbocycles. The van der Waals surface area contributed by atoms with Crippen molar-refractivity contribution in [2.24, 2.45) is 5.92 Å². The van der Waals surface area contributed by atoms with Gasteiger partial charge in [0, 0.05) is 38.8 Å². The van der Waals surface area contributed by atoms with E-state index in [0.29, 0.717) is 31.4 Å². The summed E-state index contributed by atoms with van der Waals surface area (Å²) in [7, 11) is 3.75. The summed E-state index contributed by atoms with van der Waals surface area (Å²) >= 11 is 0. The SMILES string of the molecule is CNC1CC(C)NC(NC2CCC(OC)C(OC[C@H](O)CN3CC(C)C3)C2)N1. The molecule has 164 valence electrons. The Hall–Kier alpha value is -0.320. The number of rotatable bonds is 9. The maximum Gasteiger partial charge on any atom is 0.113 e. The van der Waals surface area contributed by atoms with Gasteiger partial charge in [0.2, 0.25) is 0 Å². The van der Waals surface area contributed by atoms with Gasteiger partial charge >= 0.3 is 0 Å². The fraction of sp³-hybridized carbons (Fsp3) is 1.00. The van der Waals surface area contributed by atoms with E-state index in [1.54, 1.807) is 7.11 Å². The highest BCUT2D eigenvalue weighted by Crippen LogP contribution is 2.25. The lowest BCUT2D eigenvalue weighted by atomic mass is 9.90. The van der Waals surface area contributed by atoms with E-state index in [2.05, 4.69) is 40.0 Å². The van der Waals surface area contributed by atoms with Crippen molar-refractivity contribution >= 4 is 0 Å². The summed E-state index contributed by atoms with van der Waals surface area (Å²) in [6.45, 7) is 7.71. The second-order valence-corrected chi connectivity index (χ2v) is 9.04. The number of likely N-dealkylation sites (tertiary alicyclic amines) is 1. The standard InChI is InChI=1S/C20H41N5O3/c1-13-9-25(10-13)11-16(26)12-28-18-8-15(5-6-17(18)27-4)23-20-22-14(2)7-19(21-3)24-20/h13-24,26H,5-12H2,1-4H3/t14?,15?,16-,17?,18?,19?,20?/m1/s1. The molecule has 3 rings (SSSR count). The predicted octanol–water partition coefficient (Wildman–Crippen LogP) is -0.358. The van der Waals surface area contributed by atoms with Gasteiger partial charge in [0.25, 0.3) is 0 Å². The first-order valence-corrected chi connectivity index (χ1v) is 11.0. The van der Waals surface area contributed by atoms with Crippen molar-refractivity contribution in [1.82, 2.24) is 26.2 Å². The molecule has 5 N–H and O–H groups in total. The second kappa shape index (κ2) is 10.6. The summed E-state index contributed by atoms with van der Waals surface area (Å²) in [6, 6.07) is 0.815. The van der Waals surface area contributed by atoms with Crippen LogP contribution >= 0.6 is 0 Å². The van der Waals surface area contributed by atoms with Crippen LogP contribution in [0.3, 0.4) is 0 Å². The highest BCUT2D eigenvalue weighted by atomic mass is 16.5. The molecule has 0 bridgehead atoms. The normalized spacial score (nSPS) is 38.9. The molecular weight excluding hydrogens is 358 g/mol. The third-order valence-corrected chi connectivity index (χ3v) is 6.30. The van der Waals surface area contributed by atoms with Crippen LogP contribution in [-0.4, -0.2) is 93.3 Å². The van der Waals surface area contributed by atoms with Crippen LogP contribution < -0.4 is 21.3 Å². The predicted molar refractivity (Wildman–Crippen MR) is 110 cm³/mol. The zero-order chi connectivity index (χ0) is 20.1. The van der Waals surface area contributed by atoms with E-state index in [9.17, 15) is 5.11 Å². The molecule has 7 atom stereocenters. The molecule has 0 spiro atoms. The average molecular weight is 400 g/mol. The van der Waals surface area contributed by atoms with Crippen LogP contribution in [0.15, 0.2) is 0 Å². The van der Waals surface area contributed by atoms with Gasteiger partial charge in [-0.05, 0) is 45.6 Å². The molecule has 6 unspecified atom stereocenters. The number of ether oxygens (including phenoxy) is 2. The van der Waals surface area contributed by atoms with Gasteiger partial charge in [-0.15, -0.1) is 0 Å². The second-order valence-electron chi connectivity index (χ2n) is 9.04. The van der Waals surface area contributed by atoms with Crippen molar-refractivity contribution in [2.45, 2.75) is 82.4 Å². The lowest BCUT2D eigenvalue weighted by Gasteiger charge is -2.42. The Morgan fingerprint density at radius 3 is 2.61 bits per heavy atom. The van der Waals surface area contributed by atoms with Crippen LogP contribution in [-0.2, 0) is 9.47 Å². The van der Waals surface area contributed by atoms with Gasteiger partial charge in [0.15, 0.2) is 0 Å². The van der Waals surface area contributed by atoms with Crippen LogP contribution in [0.2, 0.25) is 0 Å². The molecule has 2 aliphatic heterocycles. The molecule has 1 aliphatic carbocycles. The number of aliphatic hydroxyl groups is 1. The summed E-state index contributed by atoms with van der Waals surface area (Å²) in [6.07, 6.45) is 4.07. The first-order valence-electron chi connectivity index (χ1n) is 11.0. The molecule has 0 amide bonds. The minimum absolute atomic E-state index is 0.0160. The lowest BCUT2D eigenvalue weighted by molar-refractivity contribution is -0.107. The smallest absolute Gasteiger partial charge is 0.113 e. The maximum atomic E-state index is 10.3. The largest absolute Gasteiger partial charge is 0.389 e. The number of hydrogen-bond acceptors (Lipinski definition) is 8. The fourth-order valence-electron chi connectivity index (χ4n) is 4.82. The van der Waals surface area contributed by atoms with Gasteiger partial charge in [-0.1, -0.05) is 6.92 Å². The number of nitrogens with zero attached hydrogens (tertiary/aromatic N) is 1. The van der Waals surface area contributed by atoms with E-state index >= 15 is 0 Å². The third kappa shape index (κ3) is 6.34. The summed E-state index contributed by atoms with van der Waals surface area (Å²) in [4.78, 5) is 2.29. The maximum absolute atomic E-state index is 10.3. The van der Waals surface area contributed by atoms with Crippen molar-refractivity contribution in [3.05, 3.63) is 0 Å². The van der Waals surface area contributed by atoms with Crippen LogP contribution in [0, 0.1) is 5.92 Å². The number of aliphatic hydroxyl groups excluding tert-OH is 1. The van der Waals surface area contributed by atoms with E-state index in [4.69, 9.17) is 9.47 Å². The van der Waals surface area contributed by atoms with Gasteiger partial charge in [-0.3, -0.25) is 16.0 Å². The number of β-amino-alcohol motifs (C(OH)–C–C–N with tert-alkyl or cyclic N) is 1. The van der Waals surface area contributed by atoms with Crippen molar-refractivity contribution in [2.75, 3.05) is 40.4 Å².